The third-order valence-corrected chi connectivity index (χ3v) is 2.14. The van der Waals surface area contributed by atoms with Crippen molar-refractivity contribution in [1.82, 2.24) is 9.66 Å². The summed E-state index contributed by atoms with van der Waals surface area (Å²) in [5, 5.41) is 0.196. The standard InChI is InChI=1S/C10H8ClN3O/c11-9-8(4-3-5-12-9)10(15)13-14-6-1-2-7-14/h1-7H,(H,13,15). The van der Waals surface area contributed by atoms with Gasteiger partial charge in [0.05, 0.1) is 5.56 Å². The normalized spacial score (nSPS) is 9.93. The Balaban J connectivity index is 2.19. The van der Waals surface area contributed by atoms with E-state index in [1.165, 1.54) is 6.20 Å². The summed E-state index contributed by atoms with van der Waals surface area (Å²) in [6, 6.07) is 6.90. The number of aromatic nitrogens is 2. The number of rotatable bonds is 2. The van der Waals surface area contributed by atoms with E-state index in [-0.39, 0.29) is 11.1 Å². The highest BCUT2D eigenvalue weighted by Crippen LogP contribution is 2.11. The maximum atomic E-state index is 11.7. The predicted octanol–water partition coefficient (Wildman–Crippen LogP) is 1.92. The molecule has 1 amide bonds. The second-order valence-electron chi connectivity index (χ2n) is 2.87. The summed E-state index contributed by atoms with van der Waals surface area (Å²) in [5.41, 5.74) is 2.99. The van der Waals surface area contributed by atoms with Crippen LogP contribution >= 0.6 is 11.6 Å². The molecule has 2 aromatic heterocycles. The van der Waals surface area contributed by atoms with Crippen LogP contribution in [-0.4, -0.2) is 15.6 Å². The Morgan fingerprint density at radius 1 is 1.33 bits per heavy atom. The molecule has 5 heteroatoms. The number of halogens is 1. The third kappa shape index (κ3) is 2.16. The van der Waals surface area contributed by atoms with Gasteiger partial charge in [-0.3, -0.25) is 14.9 Å². The fraction of sp³-hybridized carbons (Fsp3) is 0. The van der Waals surface area contributed by atoms with Gasteiger partial charge in [0.15, 0.2) is 0 Å². The molecule has 0 aromatic carbocycles. The van der Waals surface area contributed by atoms with Gasteiger partial charge in [0.2, 0.25) is 0 Å². The number of amides is 1. The molecule has 2 heterocycles. The molecule has 0 bridgehead atoms. The van der Waals surface area contributed by atoms with Gasteiger partial charge in [-0.05, 0) is 24.3 Å². The van der Waals surface area contributed by atoms with Crippen LogP contribution in [0.3, 0.4) is 0 Å². The van der Waals surface area contributed by atoms with Crippen LogP contribution < -0.4 is 5.43 Å². The molecule has 1 N–H and O–H groups in total. The van der Waals surface area contributed by atoms with Crippen LogP contribution in [0.25, 0.3) is 0 Å². The summed E-state index contributed by atoms with van der Waals surface area (Å²) in [5.74, 6) is -0.288. The Kier molecular flexibility index (Phi) is 2.69. The lowest BCUT2D eigenvalue weighted by Gasteiger charge is -2.06. The summed E-state index contributed by atoms with van der Waals surface area (Å²) >= 11 is 5.78. The number of nitrogens with one attached hydrogen (secondary N) is 1. The van der Waals surface area contributed by atoms with E-state index in [2.05, 4.69) is 10.4 Å². The van der Waals surface area contributed by atoms with E-state index < -0.39 is 0 Å². The molecule has 0 fully saturated rings. The zero-order valence-corrected chi connectivity index (χ0v) is 8.48. The first-order valence-corrected chi connectivity index (χ1v) is 4.70. The van der Waals surface area contributed by atoms with E-state index in [1.807, 2.05) is 12.1 Å². The van der Waals surface area contributed by atoms with E-state index >= 15 is 0 Å². The number of hydrogen-bond acceptors (Lipinski definition) is 2. The van der Waals surface area contributed by atoms with Gasteiger partial charge in [-0.15, -0.1) is 0 Å². The number of carbonyl (C=O) groups is 1. The first kappa shape index (κ1) is 9.73. The fourth-order valence-corrected chi connectivity index (χ4v) is 1.35. The van der Waals surface area contributed by atoms with Gasteiger partial charge in [0.25, 0.3) is 5.91 Å². The average Bonchev–Trinajstić information content (AvgIpc) is 2.71. The topological polar surface area (TPSA) is 46.9 Å². The van der Waals surface area contributed by atoms with Gasteiger partial charge < -0.3 is 0 Å². The van der Waals surface area contributed by atoms with Crippen LogP contribution in [0.4, 0.5) is 0 Å². The molecule has 2 rings (SSSR count). The first-order valence-electron chi connectivity index (χ1n) is 4.32. The number of nitrogens with zero attached hydrogens (tertiary/aromatic N) is 2. The number of carbonyl (C=O) groups excluding carboxylic acids is 1. The van der Waals surface area contributed by atoms with Crippen LogP contribution in [0.15, 0.2) is 42.9 Å². The second-order valence-corrected chi connectivity index (χ2v) is 3.23. The Morgan fingerprint density at radius 3 is 2.73 bits per heavy atom. The van der Waals surface area contributed by atoms with Crippen molar-refractivity contribution in [3.05, 3.63) is 53.6 Å². The molecular formula is C10H8ClN3O. The summed E-state index contributed by atoms with van der Waals surface area (Å²) < 4.78 is 1.55. The molecule has 0 unspecified atom stereocenters. The minimum absolute atomic E-state index is 0.196. The molecule has 4 nitrogen and oxygen atoms in total. The zero-order chi connectivity index (χ0) is 10.7. The van der Waals surface area contributed by atoms with Gasteiger partial charge in [0, 0.05) is 18.6 Å². The van der Waals surface area contributed by atoms with E-state index in [0.29, 0.717) is 5.56 Å². The summed E-state index contributed by atoms with van der Waals surface area (Å²) in [7, 11) is 0. The van der Waals surface area contributed by atoms with Crippen LogP contribution in [0, 0.1) is 0 Å². The smallest absolute Gasteiger partial charge is 0.268 e. The molecule has 0 saturated carbocycles. The van der Waals surface area contributed by atoms with Gasteiger partial charge in [-0.1, -0.05) is 11.6 Å². The first-order chi connectivity index (χ1) is 7.27. The van der Waals surface area contributed by atoms with Gasteiger partial charge in [0.1, 0.15) is 5.15 Å². The predicted molar refractivity (Wildman–Crippen MR) is 57.4 cm³/mol. The average molecular weight is 222 g/mol. The molecular weight excluding hydrogens is 214 g/mol. The molecule has 0 atom stereocenters. The Morgan fingerprint density at radius 2 is 2.07 bits per heavy atom. The highest BCUT2D eigenvalue weighted by molar-refractivity contribution is 6.33. The van der Waals surface area contributed by atoms with Crippen molar-refractivity contribution in [2.24, 2.45) is 0 Å². The lowest BCUT2D eigenvalue weighted by Crippen LogP contribution is -2.21. The maximum absolute atomic E-state index is 11.7. The molecule has 15 heavy (non-hydrogen) atoms. The molecule has 0 aliphatic rings. The zero-order valence-electron chi connectivity index (χ0n) is 7.72. The monoisotopic (exact) mass is 221 g/mol. The minimum Gasteiger partial charge on any atom is -0.268 e. The van der Waals surface area contributed by atoms with Crippen molar-refractivity contribution in [3.8, 4) is 0 Å². The van der Waals surface area contributed by atoms with E-state index in [1.54, 1.807) is 29.2 Å². The summed E-state index contributed by atoms with van der Waals surface area (Å²) in [6.45, 7) is 0. The Bertz CT molecular complexity index is 467. The van der Waals surface area contributed by atoms with Crippen LogP contribution in [-0.2, 0) is 0 Å². The molecule has 0 aliphatic heterocycles. The van der Waals surface area contributed by atoms with Gasteiger partial charge in [-0.25, -0.2) is 4.98 Å². The highest BCUT2D eigenvalue weighted by atomic mass is 35.5. The lowest BCUT2D eigenvalue weighted by atomic mass is 10.3. The largest absolute Gasteiger partial charge is 0.273 e. The molecule has 2 aromatic rings. The molecule has 76 valence electrons. The SMILES string of the molecule is O=C(Nn1cccc1)c1cccnc1Cl. The van der Waals surface area contributed by atoms with E-state index in [0.717, 1.165) is 0 Å². The summed E-state index contributed by atoms with van der Waals surface area (Å²) in [4.78, 5) is 15.5. The molecule has 0 radical (unpaired) electrons. The van der Waals surface area contributed by atoms with Crippen LogP contribution in [0.5, 0.6) is 0 Å². The van der Waals surface area contributed by atoms with Crippen LogP contribution in [0.1, 0.15) is 10.4 Å². The third-order valence-electron chi connectivity index (χ3n) is 1.84. The molecule has 0 aliphatic carbocycles. The minimum atomic E-state index is -0.288. The second kappa shape index (κ2) is 4.14. The Hall–Kier alpha value is -1.81. The molecule has 0 saturated heterocycles. The van der Waals surface area contributed by atoms with Gasteiger partial charge in [-0.2, -0.15) is 0 Å². The van der Waals surface area contributed by atoms with Crippen molar-refractivity contribution in [2.45, 2.75) is 0 Å². The van der Waals surface area contributed by atoms with Gasteiger partial charge >= 0.3 is 0 Å². The Labute approximate surface area is 91.5 Å². The van der Waals surface area contributed by atoms with E-state index in [9.17, 15) is 4.79 Å². The number of hydrogen-bond donors (Lipinski definition) is 1. The van der Waals surface area contributed by atoms with Crippen molar-refractivity contribution in [3.63, 3.8) is 0 Å². The summed E-state index contributed by atoms with van der Waals surface area (Å²) in [6.07, 6.45) is 4.99. The quantitative estimate of drug-likeness (QED) is 0.788. The van der Waals surface area contributed by atoms with E-state index in [4.69, 9.17) is 11.6 Å². The number of pyridine rings is 1. The fourth-order valence-electron chi connectivity index (χ4n) is 1.14. The van der Waals surface area contributed by atoms with Crippen LogP contribution in [0.2, 0.25) is 5.15 Å². The van der Waals surface area contributed by atoms with Crippen molar-refractivity contribution >= 4 is 17.5 Å². The van der Waals surface area contributed by atoms with Crippen molar-refractivity contribution < 1.29 is 4.79 Å². The van der Waals surface area contributed by atoms with Crippen molar-refractivity contribution in [2.75, 3.05) is 5.43 Å². The highest BCUT2D eigenvalue weighted by Gasteiger charge is 2.09. The van der Waals surface area contributed by atoms with Crippen molar-refractivity contribution in [1.29, 1.82) is 0 Å². The maximum Gasteiger partial charge on any atom is 0.273 e. The molecule has 0 spiro atoms. The lowest BCUT2D eigenvalue weighted by molar-refractivity contribution is 0.101.